The van der Waals surface area contributed by atoms with Gasteiger partial charge in [0.15, 0.2) is 0 Å². The smallest absolute Gasteiger partial charge is 0.150 e. The Balaban J connectivity index is 2.42. The van der Waals surface area contributed by atoms with E-state index in [1.54, 1.807) is 18.5 Å². The molecule has 0 aliphatic heterocycles. The SMILES string of the molecule is C=CCCn1cnc2cc(C=O)ccc21. The van der Waals surface area contributed by atoms with Gasteiger partial charge in [-0.1, -0.05) is 6.08 Å². The summed E-state index contributed by atoms with van der Waals surface area (Å²) < 4.78 is 2.06. The molecule has 0 atom stereocenters. The molecular weight excluding hydrogens is 188 g/mol. The van der Waals surface area contributed by atoms with Crippen LogP contribution in [0.15, 0.2) is 37.2 Å². The van der Waals surface area contributed by atoms with Crippen molar-refractivity contribution >= 4 is 17.3 Å². The number of fused-ring (bicyclic) bond motifs is 1. The first kappa shape index (κ1) is 9.65. The normalized spacial score (nSPS) is 10.4. The van der Waals surface area contributed by atoms with Gasteiger partial charge in [0, 0.05) is 12.1 Å². The van der Waals surface area contributed by atoms with Crippen molar-refractivity contribution in [2.24, 2.45) is 0 Å². The molecule has 0 spiro atoms. The van der Waals surface area contributed by atoms with E-state index in [0.29, 0.717) is 5.56 Å². The summed E-state index contributed by atoms with van der Waals surface area (Å²) in [5.74, 6) is 0. The zero-order valence-corrected chi connectivity index (χ0v) is 8.39. The van der Waals surface area contributed by atoms with Crippen molar-refractivity contribution in [3.8, 4) is 0 Å². The van der Waals surface area contributed by atoms with Gasteiger partial charge in [0.2, 0.25) is 0 Å². The van der Waals surface area contributed by atoms with Crippen molar-refractivity contribution in [2.75, 3.05) is 0 Å². The molecule has 0 fully saturated rings. The highest BCUT2D eigenvalue weighted by Crippen LogP contribution is 2.14. The zero-order valence-electron chi connectivity index (χ0n) is 8.39. The molecule has 0 saturated carbocycles. The highest BCUT2D eigenvalue weighted by Gasteiger charge is 2.02. The molecule has 1 aromatic carbocycles. The predicted octanol–water partition coefficient (Wildman–Crippen LogP) is 2.42. The van der Waals surface area contributed by atoms with Crippen molar-refractivity contribution in [1.29, 1.82) is 0 Å². The molecule has 0 unspecified atom stereocenters. The van der Waals surface area contributed by atoms with Gasteiger partial charge >= 0.3 is 0 Å². The third-order valence-corrected chi connectivity index (χ3v) is 2.36. The maximum Gasteiger partial charge on any atom is 0.150 e. The van der Waals surface area contributed by atoms with Crippen LogP contribution >= 0.6 is 0 Å². The third-order valence-electron chi connectivity index (χ3n) is 2.36. The molecule has 0 N–H and O–H groups in total. The number of aryl methyl sites for hydroxylation is 1. The first-order chi connectivity index (χ1) is 7.35. The van der Waals surface area contributed by atoms with Gasteiger partial charge in [-0.3, -0.25) is 4.79 Å². The predicted molar refractivity (Wildman–Crippen MR) is 59.9 cm³/mol. The first-order valence-electron chi connectivity index (χ1n) is 4.86. The summed E-state index contributed by atoms with van der Waals surface area (Å²) in [6, 6.07) is 5.53. The molecule has 0 saturated heterocycles. The first-order valence-corrected chi connectivity index (χ1v) is 4.86. The molecule has 76 valence electrons. The van der Waals surface area contributed by atoms with Crippen LogP contribution in [0.4, 0.5) is 0 Å². The van der Waals surface area contributed by atoms with E-state index in [2.05, 4.69) is 16.1 Å². The van der Waals surface area contributed by atoms with Gasteiger partial charge in [-0.05, 0) is 24.6 Å². The molecule has 1 aromatic heterocycles. The number of nitrogens with zero attached hydrogens (tertiary/aromatic N) is 2. The van der Waals surface area contributed by atoms with Crippen molar-refractivity contribution in [3.63, 3.8) is 0 Å². The van der Waals surface area contributed by atoms with Crippen LogP contribution in [0.2, 0.25) is 0 Å². The number of hydrogen-bond donors (Lipinski definition) is 0. The highest BCUT2D eigenvalue weighted by molar-refractivity contribution is 5.84. The lowest BCUT2D eigenvalue weighted by atomic mass is 10.2. The van der Waals surface area contributed by atoms with E-state index in [0.717, 1.165) is 30.3 Å². The highest BCUT2D eigenvalue weighted by atomic mass is 16.1. The average Bonchev–Trinajstić information content (AvgIpc) is 2.68. The molecule has 2 aromatic rings. The number of benzene rings is 1. The topological polar surface area (TPSA) is 34.9 Å². The largest absolute Gasteiger partial charge is 0.330 e. The Bertz CT molecular complexity index is 499. The summed E-state index contributed by atoms with van der Waals surface area (Å²) in [4.78, 5) is 14.8. The molecule has 0 aliphatic rings. The summed E-state index contributed by atoms with van der Waals surface area (Å²) in [5, 5.41) is 0. The van der Waals surface area contributed by atoms with Crippen molar-refractivity contribution in [2.45, 2.75) is 13.0 Å². The summed E-state index contributed by atoms with van der Waals surface area (Å²) in [6.45, 7) is 4.56. The minimum atomic E-state index is 0.663. The van der Waals surface area contributed by atoms with Crippen LogP contribution in [-0.4, -0.2) is 15.8 Å². The van der Waals surface area contributed by atoms with Gasteiger partial charge in [0.05, 0.1) is 17.4 Å². The molecule has 0 radical (unpaired) electrons. The van der Waals surface area contributed by atoms with E-state index in [1.807, 2.05) is 12.1 Å². The van der Waals surface area contributed by atoms with Crippen LogP contribution in [0.1, 0.15) is 16.8 Å². The fourth-order valence-corrected chi connectivity index (χ4v) is 1.56. The lowest BCUT2D eigenvalue weighted by Gasteiger charge is -2.00. The van der Waals surface area contributed by atoms with Crippen LogP contribution in [0.3, 0.4) is 0 Å². The Morgan fingerprint density at radius 2 is 2.33 bits per heavy atom. The fraction of sp³-hybridized carbons (Fsp3) is 0.167. The molecule has 1 heterocycles. The standard InChI is InChI=1S/C12H12N2O/c1-2-3-6-14-9-13-11-7-10(8-15)4-5-12(11)14/h2,4-5,7-9H,1,3,6H2. The number of aldehydes is 1. The van der Waals surface area contributed by atoms with Gasteiger partial charge in [-0.2, -0.15) is 0 Å². The zero-order chi connectivity index (χ0) is 10.7. The molecule has 3 nitrogen and oxygen atoms in total. The molecule has 0 bridgehead atoms. The Morgan fingerprint density at radius 3 is 3.07 bits per heavy atom. The molecule has 15 heavy (non-hydrogen) atoms. The van der Waals surface area contributed by atoms with Crippen LogP contribution in [0, 0.1) is 0 Å². The van der Waals surface area contributed by atoms with E-state index in [1.165, 1.54) is 0 Å². The Hall–Kier alpha value is -1.90. The van der Waals surface area contributed by atoms with E-state index in [4.69, 9.17) is 0 Å². The number of imidazole rings is 1. The van der Waals surface area contributed by atoms with Crippen molar-refractivity contribution < 1.29 is 4.79 Å². The molecule has 0 aliphatic carbocycles. The Kier molecular flexibility index (Phi) is 2.63. The van der Waals surface area contributed by atoms with E-state index in [-0.39, 0.29) is 0 Å². The Morgan fingerprint density at radius 1 is 1.47 bits per heavy atom. The molecule has 3 heteroatoms. The summed E-state index contributed by atoms with van der Waals surface area (Å²) in [7, 11) is 0. The van der Waals surface area contributed by atoms with E-state index < -0.39 is 0 Å². The van der Waals surface area contributed by atoms with Crippen molar-refractivity contribution in [3.05, 3.63) is 42.7 Å². The van der Waals surface area contributed by atoms with Gasteiger partial charge < -0.3 is 4.57 Å². The second-order valence-electron chi connectivity index (χ2n) is 3.38. The van der Waals surface area contributed by atoms with Gasteiger partial charge in [-0.25, -0.2) is 4.98 Å². The number of aromatic nitrogens is 2. The van der Waals surface area contributed by atoms with Gasteiger partial charge in [0.1, 0.15) is 6.29 Å². The summed E-state index contributed by atoms with van der Waals surface area (Å²) in [6.07, 6.45) is 5.43. The van der Waals surface area contributed by atoms with Crippen LogP contribution in [0.25, 0.3) is 11.0 Å². The van der Waals surface area contributed by atoms with E-state index in [9.17, 15) is 4.79 Å². The maximum absolute atomic E-state index is 10.6. The van der Waals surface area contributed by atoms with Crippen LogP contribution in [-0.2, 0) is 6.54 Å². The van der Waals surface area contributed by atoms with Crippen LogP contribution < -0.4 is 0 Å². The lowest BCUT2D eigenvalue weighted by molar-refractivity contribution is 0.112. The number of carbonyl (C=O) groups is 1. The summed E-state index contributed by atoms with van der Waals surface area (Å²) >= 11 is 0. The minimum Gasteiger partial charge on any atom is -0.330 e. The van der Waals surface area contributed by atoms with E-state index >= 15 is 0 Å². The maximum atomic E-state index is 10.6. The quantitative estimate of drug-likeness (QED) is 0.561. The summed E-state index contributed by atoms with van der Waals surface area (Å²) in [5.41, 5.74) is 2.59. The number of hydrogen-bond acceptors (Lipinski definition) is 2. The number of allylic oxidation sites excluding steroid dienone is 1. The number of rotatable bonds is 4. The lowest BCUT2D eigenvalue weighted by Crippen LogP contribution is -1.94. The Labute approximate surface area is 88.0 Å². The molecule has 0 amide bonds. The average molecular weight is 200 g/mol. The second kappa shape index (κ2) is 4.09. The van der Waals surface area contributed by atoms with Crippen LogP contribution in [0.5, 0.6) is 0 Å². The molecular formula is C12H12N2O. The number of carbonyl (C=O) groups excluding carboxylic acids is 1. The van der Waals surface area contributed by atoms with Gasteiger partial charge in [-0.15, -0.1) is 6.58 Å². The van der Waals surface area contributed by atoms with Crippen molar-refractivity contribution in [1.82, 2.24) is 9.55 Å². The second-order valence-corrected chi connectivity index (χ2v) is 3.38. The van der Waals surface area contributed by atoms with Gasteiger partial charge in [0.25, 0.3) is 0 Å². The fourth-order valence-electron chi connectivity index (χ4n) is 1.56. The minimum absolute atomic E-state index is 0.663. The third kappa shape index (κ3) is 1.81. The molecule has 2 rings (SSSR count). The monoisotopic (exact) mass is 200 g/mol.